The number of phenolic OH excluding ortho intramolecular Hbond substituents is 1. The molecular formula is C26H29BrClNO5. The minimum Gasteiger partial charge on any atom is -0.507 e. The smallest absolute Gasteiger partial charge is 0.342 e. The summed E-state index contributed by atoms with van der Waals surface area (Å²) in [5.41, 5.74) is 1.47. The number of nitrogens with one attached hydrogen (secondary N) is 1. The molecule has 0 heterocycles. The van der Waals surface area contributed by atoms with Gasteiger partial charge in [-0.2, -0.15) is 0 Å². The van der Waals surface area contributed by atoms with E-state index in [0.717, 1.165) is 17.3 Å². The molecule has 0 aromatic heterocycles. The van der Waals surface area contributed by atoms with Gasteiger partial charge in [-0.25, -0.2) is 4.79 Å². The Hall–Kier alpha value is -2.25. The maximum atomic E-state index is 12.9. The molecule has 2 aromatic rings. The van der Waals surface area contributed by atoms with E-state index in [1.807, 2.05) is 0 Å². The Kier molecular flexibility index (Phi) is 6.64. The number of phenols is 1. The zero-order valence-corrected chi connectivity index (χ0v) is 22.0. The van der Waals surface area contributed by atoms with Gasteiger partial charge in [-0.15, -0.1) is 0 Å². The highest BCUT2D eigenvalue weighted by Gasteiger charge is 2.62. The van der Waals surface area contributed by atoms with Crippen LogP contribution in [0.2, 0.25) is 5.02 Å². The summed E-state index contributed by atoms with van der Waals surface area (Å²) < 4.78 is 11.9. The largest absolute Gasteiger partial charge is 0.507 e. The number of halogens is 2. The summed E-state index contributed by atoms with van der Waals surface area (Å²) in [7, 11) is 0. The molecule has 2 fully saturated rings. The van der Waals surface area contributed by atoms with E-state index in [0.29, 0.717) is 22.2 Å². The van der Waals surface area contributed by atoms with Crippen LogP contribution in [-0.2, 0) is 16.1 Å². The molecule has 2 aliphatic rings. The highest BCUT2D eigenvalue weighted by Crippen LogP contribution is 2.66. The summed E-state index contributed by atoms with van der Waals surface area (Å²) in [6, 6.07) is 8.18. The standard InChI is InChI=1S/C26H29BrClNO5/c1-14(30)33-23-15(9-17(27)11-20(23)28)13-29-18-5-6-19(21(31)12-18)24(32)34-22-10-16-7-8-26(22,4)25(16,2)3/h5-6,9,11-12,16,22,29,31H,7-8,10,13H2,1-4H3. The van der Waals surface area contributed by atoms with E-state index < -0.39 is 11.9 Å². The van der Waals surface area contributed by atoms with E-state index in [-0.39, 0.29) is 40.5 Å². The quantitative estimate of drug-likeness (QED) is 0.307. The number of anilines is 1. The van der Waals surface area contributed by atoms with E-state index in [2.05, 4.69) is 42.0 Å². The van der Waals surface area contributed by atoms with Crippen LogP contribution < -0.4 is 10.1 Å². The Morgan fingerprint density at radius 1 is 1.24 bits per heavy atom. The minimum atomic E-state index is -0.505. The number of carbonyl (C=O) groups excluding carboxylic acids is 2. The second-order valence-electron chi connectivity index (χ2n) is 10.1. The normalized spacial score (nSPS) is 24.6. The molecule has 2 N–H and O–H groups in total. The van der Waals surface area contributed by atoms with Crippen LogP contribution in [0.4, 0.5) is 5.69 Å². The second kappa shape index (κ2) is 9.08. The predicted octanol–water partition coefficient (Wildman–Crippen LogP) is 6.72. The van der Waals surface area contributed by atoms with Gasteiger partial charge in [-0.1, -0.05) is 48.3 Å². The summed E-state index contributed by atoms with van der Waals surface area (Å²) in [4.78, 5) is 24.3. The lowest BCUT2D eigenvalue weighted by Crippen LogP contribution is -2.38. The monoisotopic (exact) mass is 549 g/mol. The van der Waals surface area contributed by atoms with Crippen molar-refractivity contribution < 1.29 is 24.2 Å². The van der Waals surface area contributed by atoms with Crippen LogP contribution in [0.25, 0.3) is 0 Å². The fourth-order valence-electron chi connectivity index (χ4n) is 5.52. The molecule has 4 rings (SSSR count). The number of hydrogen-bond acceptors (Lipinski definition) is 6. The highest BCUT2D eigenvalue weighted by molar-refractivity contribution is 9.10. The minimum absolute atomic E-state index is 0.0463. The van der Waals surface area contributed by atoms with Gasteiger partial charge in [0.2, 0.25) is 0 Å². The van der Waals surface area contributed by atoms with E-state index in [1.54, 1.807) is 24.3 Å². The first-order valence-corrected chi connectivity index (χ1v) is 12.5. The third-order valence-corrected chi connectivity index (χ3v) is 8.73. The van der Waals surface area contributed by atoms with Crippen molar-refractivity contribution in [3.8, 4) is 11.5 Å². The first-order chi connectivity index (χ1) is 15.9. The van der Waals surface area contributed by atoms with Gasteiger partial charge in [0.1, 0.15) is 17.4 Å². The zero-order chi connectivity index (χ0) is 24.8. The molecule has 8 heteroatoms. The summed E-state index contributed by atoms with van der Waals surface area (Å²) in [6.07, 6.45) is 2.94. The molecule has 2 aromatic carbocycles. The fourth-order valence-corrected chi connectivity index (χ4v) is 6.43. The van der Waals surface area contributed by atoms with Gasteiger partial charge in [0.05, 0.1) is 5.02 Å². The van der Waals surface area contributed by atoms with Crippen molar-refractivity contribution >= 4 is 45.2 Å². The topological polar surface area (TPSA) is 84.9 Å². The van der Waals surface area contributed by atoms with Gasteiger partial charge in [-0.05, 0) is 54.9 Å². The van der Waals surface area contributed by atoms with Crippen LogP contribution in [-0.4, -0.2) is 23.1 Å². The lowest BCUT2D eigenvalue weighted by molar-refractivity contribution is -0.131. The number of esters is 2. The average molecular weight is 551 g/mol. The van der Waals surface area contributed by atoms with Crippen molar-refractivity contribution in [2.45, 2.75) is 59.6 Å². The number of rotatable bonds is 6. The molecule has 0 radical (unpaired) electrons. The van der Waals surface area contributed by atoms with Crippen LogP contribution in [0, 0.1) is 16.7 Å². The number of carbonyl (C=O) groups is 2. The van der Waals surface area contributed by atoms with Crippen molar-refractivity contribution in [3.05, 3.63) is 51.0 Å². The summed E-state index contributed by atoms with van der Waals surface area (Å²) in [5, 5.41) is 14.0. The van der Waals surface area contributed by atoms with Crippen molar-refractivity contribution in [3.63, 3.8) is 0 Å². The SMILES string of the molecule is CC(=O)Oc1c(Cl)cc(Br)cc1CNc1ccc(C(=O)OC2CC3CCC2(C)C3(C)C)c(O)c1. The van der Waals surface area contributed by atoms with Crippen LogP contribution in [0.5, 0.6) is 11.5 Å². The number of ether oxygens (including phenoxy) is 2. The predicted molar refractivity (Wildman–Crippen MR) is 134 cm³/mol. The summed E-state index contributed by atoms with van der Waals surface area (Å²) in [5.74, 6) is -0.307. The summed E-state index contributed by atoms with van der Waals surface area (Å²) in [6.45, 7) is 8.33. The molecule has 3 unspecified atom stereocenters. The molecule has 0 spiro atoms. The third-order valence-electron chi connectivity index (χ3n) is 7.99. The molecule has 2 saturated carbocycles. The third kappa shape index (κ3) is 4.40. The van der Waals surface area contributed by atoms with Crippen LogP contribution in [0.1, 0.15) is 62.9 Å². The summed E-state index contributed by atoms with van der Waals surface area (Å²) >= 11 is 9.63. The van der Waals surface area contributed by atoms with Gasteiger partial charge < -0.3 is 19.9 Å². The Morgan fingerprint density at radius 3 is 2.56 bits per heavy atom. The molecular weight excluding hydrogens is 522 g/mol. The van der Waals surface area contributed by atoms with E-state index in [1.165, 1.54) is 19.4 Å². The maximum Gasteiger partial charge on any atom is 0.342 e. The van der Waals surface area contributed by atoms with E-state index in [9.17, 15) is 14.7 Å². The Morgan fingerprint density at radius 2 is 1.97 bits per heavy atom. The van der Waals surface area contributed by atoms with Crippen LogP contribution >= 0.6 is 27.5 Å². The lowest BCUT2D eigenvalue weighted by atomic mass is 9.70. The highest BCUT2D eigenvalue weighted by atomic mass is 79.9. The Balaban J connectivity index is 1.45. The molecule has 0 amide bonds. The van der Waals surface area contributed by atoms with Crippen molar-refractivity contribution in [2.24, 2.45) is 16.7 Å². The molecule has 2 aliphatic carbocycles. The Labute approximate surface area is 213 Å². The van der Waals surface area contributed by atoms with Crippen molar-refractivity contribution in [1.29, 1.82) is 0 Å². The first kappa shape index (κ1) is 24.9. The fraction of sp³-hybridized carbons (Fsp3) is 0.462. The number of hydrogen-bond donors (Lipinski definition) is 2. The number of fused-ring (bicyclic) bond motifs is 2. The second-order valence-corrected chi connectivity index (χ2v) is 11.4. The first-order valence-electron chi connectivity index (χ1n) is 11.4. The average Bonchev–Trinajstić information content (AvgIpc) is 3.07. The van der Waals surface area contributed by atoms with Gasteiger partial charge in [-0.3, -0.25) is 4.79 Å². The maximum absolute atomic E-state index is 12.9. The van der Waals surface area contributed by atoms with Crippen molar-refractivity contribution in [2.75, 3.05) is 5.32 Å². The molecule has 6 nitrogen and oxygen atoms in total. The number of benzene rings is 2. The van der Waals surface area contributed by atoms with Gasteiger partial charge in [0, 0.05) is 40.7 Å². The van der Waals surface area contributed by atoms with Crippen LogP contribution in [0.3, 0.4) is 0 Å². The van der Waals surface area contributed by atoms with Gasteiger partial charge in [0.25, 0.3) is 0 Å². The molecule has 0 aliphatic heterocycles. The van der Waals surface area contributed by atoms with E-state index in [4.69, 9.17) is 21.1 Å². The molecule has 34 heavy (non-hydrogen) atoms. The van der Waals surface area contributed by atoms with Crippen LogP contribution in [0.15, 0.2) is 34.8 Å². The molecule has 0 saturated heterocycles. The lowest BCUT2D eigenvalue weighted by Gasteiger charge is -2.38. The van der Waals surface area contributed by atoms with Gasteiger partial charge >= 0.3 is 11.9 Å². The van der Waals surface area contributed by atoms with Crippen molar-refractivity contribution in [1.82, 2.24) is 0 Å². The van der Waals surface area contributed by atoms with Gasteiger partial charge in [0.15, 0.2) is 5.75 Å². The molecule has 182 valence electrons. The zero-order valence-electron chi connectivity index (χ0n) is 19.7. The van der Waals surface area contributed by atoms with E-state index >= 15 is 0 Å². The Bertz CT molecular complexity index is 1150. The number of aromatic hydroxyl groups is 1. The molecule has 2 bridgehead atoms. The molecule has 3 atom stereocenters.